The third-order valence-electron chi connectivity index (χ3n) is 3.18. The quantitative estimate of drug-likeness (QED) is 0.834. The van der Waals surface area contributed by atoms with Gasteiger partial charge in [-0.15, -0.1) is 0 Å². The van der Waals surface area contributed by atoms with Crippen molar-refractivity contribution in [3.8, 4) is 0 Å². The van der Waals surface area contributed by atoms with Crippen LogP contribution in [0.1, 0.15) is 32.0 Å². The monoisotopic (exact) mass is 296 g/mol. The minimum Gasteiger partial charge on any atom is -0.337 e. The van der Waals surface area contributed by atoms with Crippen molar-refractivity contribution < 1.29 is 8.78 Å². The van der Waals surface area contributed by atoms with Gasteiger partial charge in [-0.25, -0.2) is 8.78 Å². The number of aryl methyl sites for hydroxylation is 1. The summed E-state index contributed by atoms with van der Waals surface area (Å²) in [4.78, 5) is 3.03. The first-order valence-electron chi connectivity index (χ1n) is 6.51. The molecule has 1 aromatic heterocycles. The van der Waals surface area contributed by atoms with E-state index in [1.54, 1.807) is 0 Å². The zero-order valence-corrected chi connectivity index (χ0v) is 12.7. The van der Waals surface area contributed by atoms with Crippen LogP contribution >= 0.6 is 12.2 Å². The van der Waals surface area contributed by atoms with E-state index in [9.17, 15) is 8.78 Å². The average Bonchev–Trinajstić information content (AvgIpc) is 2.66. The second-order valence-corrected chi connectivity index (χ2v) is 6.30. The molecule has 0 radical (unpaired) electrons. The maximum absolute atomic E-state index is 13.2. The highest BCUT2D eigenvalue weighted by atomic mass is 32.1. The van der Waals surface area contributed by atoms with Crippen molar-refractivity contribution in [2.45, 2.75) is 39.2 Å². The lowest BCUT2D eigenvalue weighted by atomic mass is 9.92. The van der Waals surface area contributed by atoms with Gasteiger partial charge in [0.1, 0.15) is 11.6 Å². The van der Waals surface area contributed by atoms with Gasteiger partial charge in [0.25, 0.3) is 0 Å². The Hall–Kier alpha value is -1.49. The Morgan fingerprint density at radius 3 is 2.30 bits per heavy atom. The van der Waals surface area contributed by atoms with Crippen molar-refractivity contribution >= 4 is 12.2 Å². The van der Waals surface area contributed by atoms with E-state index in [2.05, 4.69) is 25.8 Å². The van der Waals surface area contributed by atoms with Crippen LogP contribution in [-0.4, -0.2) is 9.55 Å². The summed E-state index contributed by atoms with van der Waals surface area (Å²) in [6, 6.07) is 3.60. The molecule has 0 aliphatic rings. The predicted octanol–water partition coefficient (Wildman–Crippen LogP) is 4.36. The van der Waals surface area contributed by atoms with Gasteiger partial charge in [0.2, 0.25) is 0 Å². The number of hydrogen-bond donors (Lipinski definition) is 1. The number of aromatic amines is 1. The zero-order valence-electron chi connectivity index (χ0n) is 11.8. The van der Waals surface area contributed by atoms with Gasteiger partial charge in [0.05, 0.1) is 0 Å². The van der Waals surface area contributed by atoms with Gasteiger partial charge in [-0.2, -0.15) is 0 Å². The van der Waals surface area contributed by atoms with Gasteiger partial charge < -0.3 is 9.55 Å². The van der Waals surface area contributed by atoms with E-state index in [0.29, 0.717) is 23.3 Å². The number of H-pyrrole nitrogens is 1. The Bertz CT molecular complexity index is 645. The molecule has 108 valence electrons. The molecular weight excluding hydrogens is 278 g/mol. The average molecular weight is 296 g/mol. The van der Waals surface area contributed by atoms with E-state index >= 15 is 0 Å². The molecule has 0 saturated heterocycles. The Labute approximate surface area is 122 Å². The Morgan fingerprint density at radius 2 is 1.75 bits per heavy atom. The maximum Gasteiger partial charge on any atom is 0.177 e. The van der Waals surface area contributed by atoms with Crippen molar-refractivity contribution in [2.24, 2.45) is 0 Å². The number of rotatable bonds is 3. The second-order valence-electron chi connectivity index (χ2n) is 5.91. The van der Waals surface area contributed by atoms with Gasteiger partial charge in [0.15, 0.2) is 4.77 Å². The minimum atomic E-state index is -0.547. The number of hydrogen-bond acceptors (Lipinski definition) is 1. The zero-order chi connectivity index (χ0) is 14.9. The summed E-state index contributed by atoms with van der Waals surface area (Å²) >= 11 is 5.27. The molecule has 0 fully saturated rings. The lowest BCUT2D eigenvalue weighted by Crippen LogP contribution is -2.18. The van der Waals surface area contributed by atoms with E-state index in [4.69, 9.17) is 12.2 Å². The van der Waals surface area contributed by atoms with Crippen molar-refractivity contribution in [3.63, 3.8) is 0 Å². The molecular formula is C15H18F2N2S. The molecule has 20 heavy (non-hydrogen) atoms. The normalized spacial score (nSPS) is 11.8. The molecule has 1 aromatic carbocycles. The van der Waals surface area contributed by atoms with Crippen LogP contribution in [0.3, 0.4) is 0 Å². The lowest BCUT2D eigenvalue weighted by molar-refractivity contribution is 0.512. The molecule has 0 spiro atoms. The van der Waals surface area contributed by atoms with Crippen LogP contribution in [0.4, 0.5) is 8.78 Å². The molecule has 0 bridgehead atoms. The molecule has 2 rings (SSSR count). The SMILES string of the molecule is CC(C)(C)c1c[nH]c(=S)n1CCc1cc(F)cc(F)c1. The van der Waals surface area contributed by atoms with Crippen LogP contribution in [0.5, 0.6) is 0 Å². The number of nitrogens with one attached hydrogen (secondary N) is 1. The van der Waals surface area contributed by atoms with Gasteiger partial charge >= 0.3 is 0 Å². The second kappa shape index (κ2) is 5.48. The van der Waals surface area contributed by atoms with Crippen LogP contribution in [0.15, 0.2) is 24.4 Å². The van der Waals surface area contributed by atoms with E-state index in [1.807, 2.05) is 10.8 Å². The van der Waals surface area contributed by atoms with Crippen molar-refractivity contribution in [1.29, 1.82) is 0 Å². The molecule has 0 saturated carbocycles. The van der Waals surface area contributed by atoms with Gasteiger partial charge in [0, 0.05) is 29.9 Å². The third-order valence-corrected chi connectivity index (χ3v) is 3.52. The first-order chi connectivity index (χ1) is 9.27. The van der Waals surface area contributed by atoms with E-state index in [1.165, 1.54) is 12.1 Å². The van der Waals surface area contributed by atoms with E-state index in [0.717, 1.165) is 11.8 Å². The molecule has 2 aromatic rings. The largest absolute Gasteiger partial charge is 0.337 e. The molecule has 2 nitrogen and oxygen atoms in total. The van der Waals surface area contributed by atoms with Crippen LogP contribution in [0.2, 0.25) is 0 Å². The minimum absolute atomic E-state index is 0.0409. The van der Waals surface area contributed by atoms with Crippen LogP contribution < -0.4 is 0 Å². The Balaban J connectivity index is 2.23. The van der Waals surface area contributed by atoms with E-state index < -0.39 is 11.6 Å². The molecule has 5 heteroatoms. The number of benzene rings is 1. The molecule has 0 aliphatic heterocycles. The fraction of sp³-hybridized carbons (Fsp3) is 0.400. The number of nitrogens with zero attached hydrogens (tertiary/aromatic N) is 1. The summed E-state index contributed by atoms with van der Waals surface area (Å²) < 4.78 is 29.0. The van der Waals surface area contributed by atoms with Crippen molar-refractivity contribution in [3.05, 3.63) is 52.1 Å². The van der Waals surface area contributed by atoms with Gasteiger partial charge in [-0.05, 0) is 36.3 Å². The van der Waals surface area contributed by atoms with E-state index in [-0.39, 0.29) is 5.41 Å². The Morgan fingerprint density at radius 1 is 1.15 bits per heavy atom. The lowest BCUT2D eigenvalue weighted by Gasteiger charge is -2.20. The molecule has 0 amide bonds. The maximum atomic E-state index is 13.2. The first-order valence-corrected chi connectivity index (χ1v) is 6.92. The van der Waals surface area contributed by atoms with Crippen LogP contribution in [-0.2, 0) is 18.4 Å². The smallest absolute Gasteiger partial charge is 0.177 e. The summed E-state index contributed by atoms with van der Waals surface area (Å²) in [5.74, 6) is -1.09. The molecule has 0 atom stereocenters. The van der Waals surface area contributed by atoms with Crippen molar-refractivity contribution in [1.82, 2.24) is 9.55 Å². The van der Waals surface area contributed by atoms with Crippen LogP contribution in [0, 0.1) is 16.4 Å². The molecule has 1 heterocycles. The summed E-state index contributed by atoms with van der Waals surface area (Å²) in [6.45, 7) is 6.90. The van der Waals surface area contributed by atoms with Crippen LogP contribution in [0.25, 0.3) is 0 Å². The van der Waals surface area contributed by atoms with Gasteiger partial charge in [-0.3, -0.25) is 0 Å². The highest BCUT2D eigenvalue weighted by Gasteiger charge is 2.19. The predicted molar refractivity (Wildman–Crippen MR) is 78.4 cm³/mol. The summed E-state index contributed by atoms with van der Waals surface area (Å²) in [5, 5.41) is 0. The fourth-order valence-electron chi connectivity index (χ4n) is 2.23. The molecule has 0 aliphatic carbocycles. The highest BCUT2D eigenvalue weighted by molar-refractivity contribution is 7.71. The summed E-state index contributed by atoms with van der Waals surface area (Å²) in [6.07, 6.45) is 2.43. The van der Waals surface area contributed by atoms with Gasteiger partial charge in [-0.1, -0.05) is 20.8 Å². The Kier molecular flexibility index (Phi) is 4.09. The van der Waals surface area contributed by atoms with Crippen molar-refractivity contribution in [2.75, 3.05) is 0 Å². The molecule has 0 unspecified atom stereocenters. The fourth-order valence-corrected chi connectivity index (χ4v) is 2.48. The highest BCUT2D eigenvalue weighted by Crippen LogP contribution is 2.22. The number of imidazole rings is 1. The standard InChI is InChI=1S/C15H18F2N2S/c1-15(2,3)13-9-18-14(20)19(13)5-4-10-6-11(16)8-12(17)7-10/h6-9H,4-5H2,1-3H3,(H,18,20). The molecule has 1 N–H and O–H groups in total. The number of aromatic nitrogens is 2. The third kappa shape index (κ3) is 3.33. The first kappa shape index (κ1) is 14.9. The summed E-state index contributed by atoms with van der Waals surface area (Å²) in [5.41, 5.74) is 1.67. The topological polar surface area (TPSA) is 20.7 Å². The number of halogens is 2. The summed E-state index contributed by atoms with van der Waals surface area (Å²) in [7, 11) is 0.